The maximum Gasteiger partial charge on any atom is 0.306 e. The molecule has 1 atom stereocenters. The highest BCUT2D eigenvalue weighted by atomic mass is 16.6. The number of carbonyl (C=O) groups excluding carboxylic acids is 2. The Morgan fingerprint density at radius 3 is 1.35 bits per heavy atom. The minimum atomic E-state index is -0.835. The van der Waals surface area contributed by atoms with Crippen molar-refractivity contribution >= 4 is 11.9 Å². The van der Waals surface area contributed by atoms with E-state index in [9.17, 15) is 14.7 Å². The highest BCUT2D eigenvalue weighted by molar-refractivity contribution is 5.70. The third-order valence-corrected chi connectivity index (χ3v) is 7.06. The number of aliphatic hydroxyl groups excluding tert-OH is 1. The van der Waals surface area contributed by atoms with Gasteiger partial charge in [-0.2, -0.15) is 0 Å². The van der Waals surface area contributed by atoms with Crippen molar-refractivity contribution in [1.29, 1.82) is 0 Å². The second-order valence-electron chi connectivity index (χ2n) is 11.6. The monoisotopic (exact) mass is 662 g/mol. The van der Waals surface area contributed by atoms with E-state index in [1.807, 2.05) is 12.2 Å². The third kappa shape index (κ3) is 35.4. The van der Waals surface area contributed by atoms with Crippen LogP contribution in [0.25, 0.3) is 0 Å². The average molecular weight is 663 g/mol. The lowest BCUT2D eigenvalue weighted by molar-refractivity contribution is -0.161. The van der Waals surface area contributed by atoms with Gasteiger partial charge < -0.3 is 14.6 Å². The molecular formula is C43H66O5. The summed E-state index contributed by atoms with van der Waals surface area (Å²) < 4.78 is 10.5. The van der Waals surface area contributed by atoms with Gasteiger partial charge in [0.2, 0.25) is 0 Å². The molecule has 0 rings (SSSR count). The Hall–Kier alpha value is -3.44. The van der Waals surface area contributed by atoms with Crippen molar-refractivity contribution in [1.82, 2.24) is 0 Å². The molecule has 0 aliphatic rings. The molecule has 268 valence electrons. The van der Waals surface area contributed by atoms with Gasteiger partial charge in [0.05, 0.1) is 6.61 Å². The lowest BCUT2D eigenvalue weighted by Gasteiger charge is -2.15. The van der Waals surface area contributed by atoms with E-state index in [1.54, 1.807) is 0 Å². The van der Waals surface area contributed by atoms with Gasteiger partial charge in [0.15, 0.2) is 6.10 Å². The smallest absolute Gasteiger partial charge is 0.306 e. The Kier molecular flexibility index (Phi) is 35.3. The summed E-state index contributed by atoms with van der Waals surface area (Å²) in [6, 6.07) is 0. The van der Waals surface area contributed by atoms with E-state index in [0.717, 1.165) is 70.6 Å². The topological polar surface area (TPSA) is 72.8 Å². The van der Waals surface area contributed by atoms with E-state index in [0.29, 0.717) is 12.8 Å². The fourth-order valence-electron chi connectivity index (χ4n) is 4.29. The van der Waals surface area contributed by atoms with Gasteiger partial charge >= 0.3 is 11.9 Å². The molecule has 1 N–H and O–H groups in total. The molecule has 0 aromatic heterocycles. The van der Waals surface area contributed by atoms with E-state index in [2.05, 4.69) is 111 Å². The molecule has 0 heterocycles. The predicted octanol–water partition coefficient (Wildman–Crippen LogP) is 11.5. The van der Waals surface area contributed by atoms with Crippen molar-refractivity contribution in [2.75, 3.05) is 13.2 Å². The molecule has 0 aliphatic carbocycles. The first-order valence-corrected chi connectivity index (χ1v) is 18.4. The number of carbonyl (C=O) groups is 2. The first-order chi connectivity index (χ1) is 23.6. The standard InChI is InChI=1S/C43H66O5/c1-3-5-7-9-11-13-15-17-19-20-21-22-24-26-28-30-32-34-36-38-43(46)48-41(39-44)40-47-42(45)37-35-33-31-29-27-25-23-18-16-14-12-10-8-6-4-2/h6,8,11-14,17-19,21-23,26-29,32,34,41,44H,3-5,7,9-10,15-16,20,24-25,30-31,33,35-40H2,1-2H3/t41-/m0/s1. The van der Waals surface area contributed by atoms with Crippen LogP contribution in [0.3, 0.4) is 0 Å². The lowest BCUT2D eigenvalue weighted by Crippen LogP contribution is -2.28. The zero-order valence-corrected chi connectivity index (χ0v) is 30.2. The van der Waals surface area contributed by atoms with Crippen LogP contribution in [0.1, 0.15) is 129 Å². The van der Waals surface area contributed by atoms with Gasteiger partial charge in [-0.05, 0) is 89.9 Å². The van der Waals surface area contributed by atoms with Crippen LogP contribution < -0.4 is 0 Å². The maximum atomic E-state index is 12.1. The summed E-state index contributed by atoms with van der Waals surface area (Å²) in [5, 5.41) is 9.52. The van der Waals surface area contributed by atoms with Crippen LogP contribution in [0, 0.1) is 0 Å². The minimum absolute atomic E-state index is 0.125. The maximum absolute atomic E-state index is 12.1. The molecule has 0 aromatic carbocycles. The van der Waals surface area contributed by atoms with Crippen LogP contribution in [0.5, 0.6) is 0 Å². The van der Waals surface area contributed by atoms with Crippen molar-refractivity contribution in [3.05, 3.63) is 109 Å². The van der Waals surface area contributed by atoms with Gasteiger partial charge in [0.25, 0.3) is 0 Å². The predicted molar refractivity (Wildman–Crippen MR) is 205 cm³/mol. The van der Waals surface area contributed by atoms with Gasteiger partial charge in [-0.25, -0.2) is 0 Å². The molecule has 0 unspecified atom stereocenters. The second kappa shape index (κ2) is 38.0. The number of esters is 2. The molecule has 48 heavy (non-hydrogen) atoms. The number of hydrogen-bond donors (Lipinski definition) is 1. The number of aliphatic hydroxyl groups is 1. The second-order valence-corrected chi connectivity index (χ2v) is 11.6. The molecule has 5 heteroatoms. The number of hydrogen-bond acceptors (Lipinski definition) is 5. The van der Waals surface area contributed by atoms with Crippen molar-refractivity contribution in [2.45, 2.75) is 136 Å². The van der Waals surface area contributed by atoms with E-state index < -0.39 is 12.1 Å². The number of ether oxygens (including phenoxy) is 2. The van der Waals surface area contributed by atoms with Crippen molar-refractivity contribution in [2.24, 2.45) is 0 Å². The Morgan fingerprint density at radius 1 is 0.500 bits per heavy atom. The average Bonchev–Trinajstić information content (AvgIpc) is 3.09. The van der Waals surface area contributed by atoms with E-state index in [1.165, 1.54) is 25.7 Å². The Labute approximate surface area is 293 Å². The molecule has 0 amide bonds. The van der Waals surface area contributed by atoms with Gasteiger partial charge in [-0.15, -0.1) is 0 Å². The first kappa shape index (κ1) is 44.6. The molecule has 0 saturated heterocycles. The molecule has 0 aliphatic heterocycles. The highest BCUT2D eigenvalue weighted by Gasteiger charge is 2.15. The molecule has 0 spiro atoms. The third-order valence-electron chi connectivity index (χ3n) is 7.06. The first-order valence-electron chi connectivity index (χ1n) is 18.4. The van der Waals surface area contributed by atoms with Gasteiger partial charge in [-0.3, -0.25) is 9.59 Å². The number of rotatable bonds is 31. The summed E-state index contributed by atoms with van der Waals surface area (Å²) in [6.07, 6.45) is 54.4. The van der Waals surface area contributed by atoms with Gasteiger partial charge in [0.1, 0.15) is 6.61 Å². The summed E-state index contributed by atoms with van der Waals surface area (Å²) in [7, 11) is 0. The van der Waals surface area contributed by atoms with Crippen molar-refractivity contribution < 1.29 is 24.2 Å². The van der Waals surface area contributed by atoms with Gasteiger partial charge in [-0.1, -0.05) is 136 Å². The molecule has 0 aromatic rings. The fourth-order valence-corrected chi connectivity index (χ4v) is 4.29. The zero-order valence-electron chi connectivity index (χ0n) is 30.2. The van der Waals surface area contributed by atoms with Crippen LogP contribution in [0.4, 0.5) is 0 Å². The normalized spacial score (nSPS) is 13.5. The largest absolute Gasteiger partial charge is 0.462 e. The van der Waals surface area contributed by atoms with Crippen LogP contribution in [-0.2, 0) is 19.1 Å². The SMILES string of the molecule is CCC=CCC=CCC=CCC=CCCCCC(=O)OC[C@H](CO)OC(=O)CCC=CCC=CCC=CCC=CCC=CCCCCC. The van der Waals surface area contributed by atoms with Crippen LogP contribution in [0.2, 0.25) is 0 Å². The minimum Gasteiger partial charge on any atom is -0.462 e. The summed E-state index contributed by atoms with van der Waals surface area (Å²) in [5.41, 5.74) is 0. The molecular weight excluding hydrogens is 596 g/mol. The van der Waals surface area contributed by atoms with E-state index in [-0.39, 0.29) is 25.6 Å². The van der Waals surface area contributed by atoms with Gasteiger partial charge in [0, 0.05) is 12.8 Å². The summed E-state index contributed by atoms with van der Waals surface area (Å²) in [4.78, 5) is 24.2. The van der Waals surface area contributed by atoms with Crippen LogP contribution >= 0.6 is 0 Å². The zero-order chi connectivity index (χ0) is 35.0. The van der Waals surface area contributed by atoms with E-state index >= 15 is 0 Å². The lowest BCUT2D eigenvalue weighted by atomic mass is 10.2. The number of allylic oxidation sites excluding steroid dienone is 18. The van der Waals surface area contributed by atoms with Crippen LogP contribution in [-0.4, -0.2) is 36.4 Å². The van der Waals surface area contributed by atoms with Crippen molar-refractivity contribution in [3.63, 3.8) is 0 Å². The Bertz CT molecular complexity index is 1020. The molecule has 0 radical (unpaired) electrons. The Morgan fingerprint density at radius 2 is 0.917 bits per heavy atom. The summed E-state index contributed by atoms with van der Waals surface area (Å²) in [5.74, 6) is -0.750. The summed E-state index contributed by atoms with van der Waals surface area (Å²) >= 11 is 0. The molecule has 5 nitrogen and oxygen atoms in total. The molecule has 0 saturated carbocycles. The quantitative estimate of drug-likeness (QED) is 0.0454. The number of unbranched alkanes of at least 4 members (excludes halogenated alkanes) is 5. The fraction of sp³-hybridized carbons (Fsp3) is 0.535. The highest BCUT2D eigenvalue weighted by Crippen LogP contribution is 2.06. The molecule has 0 fully saturated rings. The summed E-state index contributed by atoms with van der Waals surface area (Å²) in [6.45, 7) is 3.86. The molecule has 0 bridgehead atoms. The van der Waals surface area contributed by atoms with Crippen LogP contribution in [0.15, 0.2) is 109 Å². The van der Waals surface area contributed by atoms with E-state index in [4.69, 9.17) is 9.47 Å². The van der Waals surface area contributed by atoms with Crippen molar-refractivity contribution in [3.8, 4) is 0 Å². The Balaban J connectivity index is 3.83.